The average molecular weight is 406 g/mol. The fourth-order valence-corrected chi connectivity index (χ4v) is 3.37. The van der Waals surface area contributed by atoms with Crippen LogP contribution in [0, 0.1) is 17.6 Å². The Kier molecular flexibility index (Phi) is 8.44. The zero-order chi connectivity index (χ0) is 20.5. The standard InChI is InChI=1S/C21H24F2N2O2S/c1-14(2)19(25-20(26)17-6-3-4-7-18(17)23)21(27)24-12-5-13-28-16-10-8-15(22)9-11-16/h3-4,6-11,14,19H,5,12-13H2,1-2H3,(H,24,27)(H,25,26). The molecular formula is C21H24F2N2O2S. The molecule has 7 heteroatoms. The quantitative estimate of drug-likeness (QED) is 0.489. The third-order valence-electron chi connectivity index (χ3n) is 4.06. The van der Waals surface area contributed by atoms with Crippen molar-refractivity contribution in [3.63, 3.8) is 0 Å². The second-order valence-electron chi connectivity index (χ2n) is 6.62. The summed E-state index contributed by atoms with van der Waals surface area (Å²) < 4.78 is 26.6. The summed E-state index contributed by atoms with van der Waals surface area (Å²) in [6, 6.07) is 11.2. The van der Waals surface area contributed by atoms with Crippen LogP contribution >= 0.6 is 11.8 Å². The number of carbonyl (C=O) groups excluding carboxylic acids is 2. The van der Waals surface area contributed by atoms with Crippen molar-refractivity contribution in [2.75, 3.05) is 12.3 Å². The number of amides is 2. The Hall–Kier alpha value is -2.41. The van der Waals surface area contributed by atoms with Gasteiger partial charge in [0.05, 0.1) is 5.56 Å². The molecule has 0 saturated carbocycles. The lowest BCUT2D eigenvalue weighted by Gasteiger charge is -2.22. The van der Waals surface area contributed by atoms with Crippen molar-refractivity contribution in [2.45, 2.75) is 31.2 Å². The summed E-state index contributed by atoms with van der Waals surface area (Å²) in [5, 5.41) is 5.42. The van der Waals surface area contributed by atoms with Crippen molar-refractivity contribution < 1.29 is 18.4 Å². The molecular weight excluding hydrogens is 382 g/mol. The normalized spacial score (nSPS) is 11.9. The number of halogens is 2. The number of thioether (sulfide) groups is 1. The van der Waals surface area contributed by atoms with Crippen LogP contribution in [-0.2, 0) is 4.79 Å². The molecule has 28 heavy (non-hydrogen) atoms. The highest BCUT2D eigenvalue weighted by atomic mass is 32.2. The van der Waals surface area contributed by atoms with Crippen LogP contribution in [0.2, 0.25) is 0 Å². The highest BCUT2D eigenvalue weighted by Crippen LogP contribution is 2.18. The molecule has 0 aliphatic rings. The van der Waals surface area contributed by atoms with Gasteiger partial charge in [-0.3, -0.25) is 9.59 Å². The first-order valence-corrected chi connectivity index (χ1v) is 10.1. The van der Waals surface area contributed by atoms with Gasteiger partial charge < -0.3 is 10.6 Å². The van der Waals surface area contributed by atoms with Gasteiger partial charge in [0.25, 0.3) is 5.91 Å². The van der Waals surface area contributed by atoms with E-state index >= 15 is 0 Å². The van der Waals surface area contributed by atoms with E-state index in [4.69, 9.17) is 0 Å². The van der Waals surface area contributed by atoms with Crippen molar-refractivity contribution in [2.24, 2.45) is 5.92 Å². The Balaban J connectivity index is 1.79. The summed E-state index contributed by atoms with van der Waals surface area (Å²) in [5.41, 5.74) is -0.0864. The minimum absolute atomic E-state index is 0.0864. The van der Waals surface area contributed by atoms with Gasteiger partial charge in [0, 0.05) is 11.4 Å². The monoisotopic (exact) mass is 406 g/mol. The molecule has 2 rings (SSSR count). The van der Waals surface area contributed by atoms with Gasteiger partial charge in [0.15, 0.2) is 0 Å². The zero-order valence-electron chi connectivity index (χ0n) is 15.9. The first-order chi connectivity index (χ1) is 13.4. The lowest BCUT2D eigenvalue weighted by Crippen LogP contribution is -2.50. The van der Waals surface area contributed by atoms with E-state index in [1.54, 1.807) is 30.0 Å². The SMILES string of the molecule is CC(C)C(NC(=O)c1ccccc1F)C(=O)NCCCSc1ccc(F)cc1. The molecule has 2 N–H and O–H groups in total. The van der Waals surface area contributed by atoms with Gasteiger partial charge in [-0.15, -0.1) is 11.8 Å². The molecule has 2 aromatic carbocycles. The van der Waals surface area contributed by atoms with Crippen molar-refractivity contribution in [3.8, 4) is 0 Å². The number of hydrogen-bond donors (Lipinski definition) is 2. The molecule has 1 unspecified atom stereocenters. The molecule has 0 saturated heterocycles. The van der Waals surface area contributed by atoms with Crippen molar-refractivity contribution in [1.82, 2.24) is 10.6 Å². The Labute approximate surface area is 168 Å². The van der Waals surface area contributed by atoms with Gasteiger partial charge in [0.1, 0.15) is 17.7 Å². The van der Waals surface area contributed by atoms with Gasteiger partial charge in [-0.2, -0.15) is 0 Å². The van der Waals surface area contributed by atoms with Crippen LogP contribution in [0.3, 0.4) is 0 Å². The highest BCUT2D eigenvalue weighted by molar-refractivity contribution is 7.99. The van der Waals surface area contributed by atoms with Gasteiger partial charge in [-0.05, 0) is 54.5 Å². The smallest absolute Gasteiger partial charge is 0.254 e. The molecule has 0 aliphatic carbocycles. The first kappa shape index (κ1) is 21.9. The molecule has 0 aromatic heterocycles. The first-order valence-electron chi connectivity index (χ1n) is 9.10. The third-order valence-corrected chi connectivity index (χ3v) is 5.16. The maximum absolute atomic E-state index is 13.8. The molecule has 0 spiro atoms. The minimum Gasteiger partial charge on any atom is -0.354 e. The summed E-state index contributed by atoms with van der Waals surface area (Å²) in [6.45, 7) is 4.08. The number of benzene rings is 2. The maximum Gasteiger partial charge on any atom is 0.254 e. The van der Waals surface area contributed by atoms with E-state index in [0.29, 0.717) is 6.54 Å². The lowest BCUT2D eigenvalue weighted by molar-refractivity contribution is -0.123. The Morgan fingerprint density at radius 1 is 1.04 bits per heavy atom. The van der Waals surface area contributed by atoms with E-state index in [2.05, 4.69) is 10.6 Å². The van der Waals surface area contributed by atoms with Crippen LogP contribution in [-0.4, -0.2) is 30.2 Å². The van der Waals surface area contributed by atoms with Crippen LogP contribution in [0.4, 0.5) is 8.78 Å². The van der Waals surface area contributed by atoms with Gasteiger partial charge in [-0.25, -0.2) is 8.78 Å². The second kappa shape index (κ2) is 10.8. The van der Waals surface area contributed by atoms with Crippen LogP contribution in [0.15, 0.2) is 53.4 Å². The van der Waals surface area contributed by atoms with Gasteiger partial charge in [-0.1, -0.05) is 26.0 Å². The fourth-order valence-electron chi connectivity index (χ4n) is 2.51. The van der Waals surface area contributed by atoms with Crippen LogP contribution in [0.5, 0.6) is 0 Å². The Morgan fingerprint density at radius 3 is 2.36 bits per heavy atom. The molecule has 0 heterocycles. The van der Waals surface area contributed by atoms with Gasteiger partial charge >= 0.3 is 0 Å². The second-order valence-corrected chi connectivity index (χ2v) is 7.79. The third kappa shape index (κ3) is 6.64. The molecule has 0 fully saturated rings. The van der Waals surface area contributed by atoms with E-state index in [1.165, 1.54) is 30.3 Å². The number of carbonyl (C=O) groups is 2. The molecule has 0 bridgehead atoms. The van der Waals surface area contributed by atoms with Crippen LogP contribution in [0.1, 0.15) is 30.6 Å². The van der Waals surface area contributed by atoms with E-state index in [0.717, 1.165) is 17.1 Å². The van der Waals surface area contributed by atoms with Gasteiger partial charge in [0.2, 0.25) is 5.91 Å². The van der Waals surface area contributed by atoms with Crippen molar-refractivity contribution >= 4 is 23.6 Å². The molecule has 4 nitrogen and oxygen atoms in total. The lowest BCUT2D eigenvalue weighted by atomic mass is 10.0. The fraction of sp³-hybridized carbons (Fsp3) is 0.333. The minimum atomic E-state index is -0.753. The van der Waals surface area contributed by atoms with E-state index in [9.17, 15) is 18.4 Å². The maximum atomic E-state index is 13.8. The largest absolute Gasteiger partial charge is 0.354 e. The predicted octanol–water partition coefficient (Wildman–Crippen LogP) is 4.02. The van der Waals surface area contributed by atoms with Crippen molar-refractivity contribution in [1.29, 1.82) is 0 Å². The molecule has 2 amide bonds. The predicted molar refractivity (Wildman–Crippen MR) is 107 cm³/mol. The van der Waals surface area contributed by atoms with E-state index < -0.39 is 17.8 Å². The summed E-state index contributed by atoms with van der Waals surface area (Å²) >= 11 is 1.58. The van der Waals surface area contributed by atoms with Crippen LogP contribution < -0.4 is 10.6 Å². The summed E-state index contributed by atoms with van der Waals surface area (Å²) in [5.74, 6) is -1.19. The zero-order valence-corrected chi connectivity index (χ0v) is 16.7. The van der Waals surface area contributed by atoms with Crippen LogP contribution in [0.25, 0.3) is 0 Å². The number of nitrogens with one attached hydrogen (secondary N) is 2. The number of rotatable bonds is 9. The van der Waals surface area contributed by atoms with E-state index in [1.807, 2.05) is 13.8 Å². The summed E-state index contributed by atoms with van der Waals surface area (Å²) in [4.78, 5) is 25.7. The molecule has 1 atom stereocenters. The van der Waals surface area contributed by atoms with E-state index in [-0.39, 0.29) is 23.2 Å². The summed E-state index contributed by atoms with van der Waals surface area (Å²) in [6.07, 6.45) is 0.722. The summed E-state index contributed by atoms with van der Waals surface area (Å²) in [7, 11) is 0. The molecule has 2 aromatic rings. The number of hydrogen-bond acceptors (Lipinski definition) is 3. The van der Waals surface area contributed by atoms with Crippen molar-refractivity contribution in [3.05, 3.63) is 65.7 Å². The molecule has 0 radical (unpaired) electrons. The Morgan fingerprint density at radius 2 is 1.71 bits per heavy atom. The average Bonchev–Trinajstić information content (AvgIpc) is 2.67. The molecule has 0 aliphatic heterocycles. The Bertz CT molecular complexity index is 797. The highest BCUT2D eigenvalue weighted by Gasteiger charge is 2.25. The topological polar surface area (TPSA) is 58.2 Å². The molecule has 150 valence electrons.